The number of halogens is 3. The fraction of sp³-hybridized carbons (Fsp3) is 0.571. The van der Waals surface area contributed by atoms with E-state index in [1.807, 2.05) is 6.92 Å². The summed E-state index contributed by atoms with van der Waals surface area (Å²) in [6.07, 6.45) is 0.519. The van der Waals surface area contributed by atoms with Gasteiger partial charge in [0.1, 0.15) is 0 Å². The molecule has 0 aromatic heterocycles. The first-order valence-electron chi connectivity index (χ1n) is 6.03. The lowest BCUT2D eigenvalue weighted by Gasteiger charge is -2.29. The minimum atomic E-state index is -1.45. The molecule has 0 amide bonds. The first-order chi connectivity index (χ1) is 8.14. The van der Waals surface area contributed by atoms with Gasteiger partial charge in [0.15, 0.2) is 17.5 Å². The Labute approximate surface area is 106 Å². The zero-order valence-corrected chi connectivity index (χ0v) is 11.2. The van der Waals surface area contributed by atoms with Crippen LogP contribution in [-0.4, -0.2) is 0 Å². The molecule has 0 saturated carbocycles. The van der Waals surface area contributed by atoms with E-state index in [1.54, 1.807) is 0 Å². The average molecular weight is 259 g/mol. The third-order valence-electron chi connectivity index (χ3n) is 3.55. The molecular weight excluding hydrogens is 239 g/mol. The van der Waals surface area contributed by atoms with Crippen molar-refractivity contribution < 1.29 is 13.2 Å². The number of nitrogens with two attached hydrogens (primary N) is 1. The number of hydrogen-bond donors (Lipinski definition) is 1. The minimum absolute atomic E-state index is 0.0324. The highest BCUT2D eigenvalue weighted by Gasteiger charge is 2.25. The lowest BCUT2D eigenvalue weighted by atomic mass is 9.78. The van der Waals surface area contributed by atoms with Crippen LogP contribution in [-0.2, 0) is 0 Å². The smallest absolute Gasteiger partial charge is 0.194 e. The lowest BCUT2D eigenvalue weighted by Crippen LogP contribution is -2.24. The molecule has 102 valence electrons. The highest BCUT2D eigenvalue weighted by atomic mass is 19.2. The first kappa shape index (κ1) is 15.0. The van der Waals surface area contributed by atoms with Gasteiger partial charge < -0.3 is 5.73 Å². The maximum absolute atomic E-state index is 13.6. The predicted octanol–water partition coefficient (Wildman–Crippen LogP) is 4.18. The molecule has 0 spiro atoms. The summed E-state index contributed by atoms with van der Waals surface area (Å²) < 4.78 is 39.5. The molecule has 0 radical (unpaired) electrons. The van der Waals surface area contributed by atoms with Gasteiger partial charge in [-0.1, -0.05) is 33.8 Å². The minimum Gasteiger partial charge on any atom is -0.324 e. The second kappa shape index (κ2) is 5.31. The van der Waals surface area contributed by atoms with Gasteiger partial charge in [0.25, 0.3) is 0 Å². The highest BCUT2D eigenvalue weighted by Crippen LogP contribution is 2.33. The molecule has 0 aliphatic rings. The van der Waals surface area contributed by atoms with Crippen LogP contribution < -0.4 is 5.73 Å². The molecule has 2 atom stereocenters. The van der Waals surface area contributed by atoms with Crippen LogP contribution in [0.5, 0.6) is 0 Å². The van der Waals surface area contributed by atoms with E-state index in [1.165, 1.54) is 6.07 Å². The van der Waals surface area contributed by atoms with Crippen LogP contribution in [0.25, 0.3) is 0 Å². The normalized spacial score (nSPS) is 15.6. The van der Waals surface area contributed by atoms with Crippen molar-refractivity contribution in [2.75, 3.05) is 0 Å². The third-order valence-corrected chi connectivity index (χ3v) is 3.55. The predicted molar refractivity (Wildman–Crippen MR) is 66.5 cm³/mol. The number of rotatable bonds is 3. The van der Waals surface area contributed by atoms with Gasteiger partial charge in [-0.25, -0.2) is 13.2 Å². The first-order valence-corrected chi connectivity index (χ1v) is 6.03. The summed E-state index contributed by atoms with van der Waals surface area (Å²) in [5.41, 5.74) is 5.95. The van der Waals surface area contributed by atoms with E-state index in [-0.39, 0.29) is 16.9 Å². The monoisotopic (exact) mass is 259 g/mol. The van der Waals surface area contributed by atoms with Gasteiger partial charge in [0, 0.05) is 11.6 Å². The maximum atomic E-state index is 13.6. The van der Waals surface area contributed by atoms with Gasteiger partial charge in [-0.2, -0.15) is 0 Å². The zero-order chi connectivity index (χ0) is 14.1. The van der Waals surface area contributed by atoms with Gasteiger partial charge in [-0.3, -0.25) is 0 Å². The number of benzene rings is 1. The molecule has 0 heterocycles. The van der Waals surface area contributed by atoms with Crippen LogP contribution >= 0.6 is 0 Å². The van der Waals surface area contributed by atoms with E-state index in [2.05, 4.69) is 20.8 Å². The summed E-state index contributed by atoms with van der Waals surface area (Å²) in [5, 5.41) is 0. The molecule has 0 aliphatic carbocycles. The van der Waals surface area contributed by atoms with Crippen LogP contribution in [0.15, 0.2) is 12.1 Å². The average Bonchev–Trinajstić information content (AvgIpc) is 2.24. The van der Waals surface area contributed by atoms with Crippen molar-refractivity contribution in [1.82, 2.24) is 0 Å². The van der Waals surface area contributed by atoms with Crippen LogP contribution in [0, 0.1) is 28.8 Å². The van der Waals surface area contributed by atoms with E-state index < -0.39 is 23.5 Å². The second-order valence-electron chi connectivity index (χ2n) is 5.87. The van der Waals surface area contributed by atoms with Gasteiger partial charge >= 0.3 is 0 Å². The molecule has 0 aliphatic heterocycles. The Morgan fingerprint density at radius 2 is 1.67 bits per heavy atom. The van der Waals surface area contributed by atoms with Crippen LogP contribution in [0.3, 0.4) is 0 Å². The molecule has 18 heavy (non-hydrogen) atoms. The van der Waals surface area contributed by atoms with Crippen molar-refractivity contribution in [3.8, 4) is 0 Å². The highest BCUT2D eigenvalue weighted by molar-refractivity contribution is 5.23. The van der Waals surface area contributed by atoms with E-state index in [0.29, 0.717) is 6.42 Å². The Morgan fingerprint density at radius 1 is 1.11 bits per heavy atom. The molecule has 4 heteroatoms. The van der Waals surface area contributed by atoms with Crippen molar-refractivity contribution in [1.29, 1.82) is 0 Å². The van der Waals surface area contributed by atoms with Crippen molar-refractivity contribution in [3.63, 3.8) is 0 Å². The second-order valence-corrected chi connectivity index (χ2v) is 5.87. The Bertz CT molecular complexity index is 424. The molecule has 2 unspecified atom stereocenters. The Morgan fingerprint density at radius 3 is 2.17 bits per heavy atom. The fourth-order valence-corrected chi connectivity index (χ4v) is 1.69. The van der Waals surface area contributed by atoms with Crippen molar-refractivity contribution >= 4 is 0 Å². The summed E-state index contributed by atoms with van der Waals surface area (Å²) in [4.78, 5) is 0. The molecule has 1 rings (SSSR count). The topological polar surface area (TPSA) is 26.0 Å². The van der Waals surface area contributed by atoms with E-state index >= 15 is 0 Å². The molecule has 1 aromatic carbocycles. The van der Waals surface area contributed by atoms with Crippen LogP contribution in [0.2, 0.25) is 0 Å². The Balaban J connectivity index is 2.92. The quantitative estimate of drug-likeness (QED) is 0.810. The molecule has 1 aromatic rings. The summed E-state index contributed by atoms with van der Waals surface area (Å²) in [6, 6.07) is 1.50. The van der Waals surface area contributed by atoms with Crippen LogP contribution in [0.1, 0.15) is 45.7 Å². The van der Waals surface area contributed by atoms with Gasteiger partial charge in [0.2, 0.25) is 0 Å². The largest absolute Gasteiger partial charge is 0.324 e. The number of hydrogen-bond acceptors (Lipinski definition) is 1. The SMILES string of the molecule is CC(CC(N)c1ccc(F)c(F)c1F)C(C)(C)C. The summed E-state index contributed by atoms with van der Waals surface area (Å²) in [6.45, 7) is 8.20. The summed E-state index contributed by atoms with van der Waals surface area (Å²) in [5.74, 6) is -3.58. The van der Waals surface area contributed by atoms with E-state index in [9.17, 15) is 13.2 Å². The fourth-order valence-electron chi connectivity index (χ4n) is 1.69. The van der Waals surface area contributed by atoms with Crippen molar-refractivity contribution in [2.24, 2.45) is 17.1 Å². The molecular formula is C14H20F3N. The standard InChI is InChI=1S/C14H20F3N/c1-8(14(2,3)4)7-11(18)9-5-6-10(15)13(17)12(9)16/h5-6,8,11H,7,18H2,1-4H3. The van der Waals surface area contributed by atoms with E-state index in [4.69, 9.17) is 5.73 Å². The van der Waals surface area contributed by atoms with Crippen LogP contribution in [0.4, 0.5) is 13.2 Å². The van der Waals surface area contributed by atoms with Crippen molar-refractivity contribution in [3.05, 3.63) is 35.1 Å². The Hall–Kier alpha value is -1.03. The molecule has 0 fully saturated rings. The summed E-state index contributed by atoms with van der Waals surface area (Å²) in [7, 11) is 0. The molecule has 0 saturated heterocycles. The lowest BCUT2D eigenvalue weighted by molar-refractivity contribution is 0.232. The van der Waals surface area contributed by atoms with Gasteiger partial charge in [-0.05, 0) is 23.8 Å². The van der Waals surface area contributed by atoms with Crippen molar-refractivity contribution in [2.45, 2.75) is 40.2 Å². The Kier molecular flexibility index (Phi) is 4.43. The zero-order valence-electron chi connectivity index (χ0n) is 11.2. The third kappa shape index (κ3) is 3.25. The van der Waals surface area contributed by atoms with Gasteiger partial charge in [-0.15, -0.1) is 0 Å². The molecule has 1 nitrogen and oxygen atoms in total. The molecule has 2 N–H and O–H groups in total. The van der Waals surface area contributed by atoms with Gasteiger partial charge in [0.05, 0.1) is 0 Å². The van der Waals surface area contributed by atoms with E-state index in [0.717, 1.165) is 6.07 Å². The maximum Gasteiger partial charge on any atom is 0.194 e. The molecule has 0 bridgehead atoms. The summed E-state index contributed by atoms with van der Waals surface area (Å²) >= 11 is 0.